The molecule has 4 heteroatoms. The lowest BCUT2D eigenvalue weighted by atomic mass is 10.1. The van der Waals surface area contributed by atoms with Gasteiger partial charge in [-0.25, -0.2) is 4.39 Å². The number of benzene rings is 1. The van der Waals surface area contributed by atoms with Crippen LogP contribution < -0.4 is 5.32 Å². The molecule has 1 aliphatic rings. The maximum absolute atomic E-state index is 13.5. The van der Waals surface area contributed by atoms with Gasteiger partial charge in [0, 0.05) is 13.1 Å². The summed E-state index contributed by atoms with van der Waals surface area (Å²) in [4.78, 5) is 13.9. The predicted molar refractivity (Wildman–Crippen MR) is 69.0 cm³/mol. The maximum atomic E-state index is 13.5. The van der Waals surface area contributed by atoms with Gasteiger partial charge >= 0.3 is 0 Å². The van der Waals surface area contributed by atoms with Crippen LogP contribution in [0.1, 0.15) is 23.2 Å². The fourth-order valence-electron chi connectivity index (χ4n) is 2.41. The molecule has 1 aromatic rings. The van der Waals surface area contributed by atoms with E-state index >= 15 is 0 Å². The Hall–Kier alpha value is -1.42. The van der Waals surface area contributed by atoms with Gasteiger partial charge in [-0.2, -0.15) is 0 Å². The van der Waals surface area contributed by atoms with Gasteiger partial charge in [-0.15, -0.1) is 0 Å². The summed E-state index contributed by atoms with van der Waals surface area (Å²) in [5.41, 5.74) is 0.187. The molecule has 0 bridgehead atoms. The molecule has 1 N–H and O–H groups in total. The smallest absolute Gasteiger partial charge is 0.256 e. The number of carbonyl (C=O) groups excluding carboxylic acids is 1. The van der Waals surface area contributed by atoms with Gasteiger partial charge in [0.2, 0.25) is 0 Å². The van der Waals surface area contributed by atoms with Crippen molar-refractivity contribution in [2.45, 2.75) is 12.8 Å². The van der Waals surface area contributed by atoms with Crippen LogP contribution in [0.5, 0.6) is 0 Å². The normalized spacial score (nSPS) is 19.2. The van der Waals surface area contributed by atoms with Crippen molar-refractivity contribution in [1.82, 2.24) is 10.2 Å². The molecule has 1 amide bonds. The SMILES string of the molecule is CNCCC1CCN(C(=O)c2ccccc2F)C1. The molecule has 98 valence electrons. The Kier molecular flexibility index (Phi) is 4.31. The molecule has 0 radical (unpaired) electrons. The highest BCUT2D eigenvalue weighted by molar-refractivity contribution is 5.94. The van der Waals surface area contributed by atoms with Crippen molar-refractivity contribution >= 4 is 5.91 Å². The van der Waals surface area contributed by atoms with E-state index in [1.54, 1.807) is 23.1 Å². The van der Waals surface area contributed by atoms with E-state index in [1.165, 1.54) is 6.07 Å². The van der Waals surface area contributed by atoms with E-state index in [9.17, 15) is 9.18 Å². The van der Waals surface area contributed by atoms with Crippen molar-refractivity contribution in [2.75, 3.05) is 26.7 Å². The van der Waals surface area contributed by atoms with Crippen LogP contribution >= 0.6 is 0 Å². The number of nitrogens with zero attached hydrogens (tertiary/aromatic N) is 1. The zero-order valence-electron chi connectivity index (χ0n) is 10.7. The van der Waals surface area contributed by atoms with Crippen LogP contribution in [0.15, 0.2) is 24.3 Å². The molecule has 1 aliphatic heterocycles. The molecule has 0 saturated carbocycles. The first-order valence-electron chi connectivity index (χ1n) is 6.40. The number of nitrogens with one attached hydrogen (secondary N) is 1. The Balaban J connectivity index is 1.97. The highest BCUT2D eigenvalue weighted by atomic mass is 19.1. The molecule has 2 rings (SSSR count). The molecule has 1 aromatic carbocycles. The van der Waals surface area contributed by atoms with E-state index in [-0.39, 0.29) is 11.5 Å². The summed E-state index contributed by atoms with van der Waals surface area (Å²) >= 11 is 0. The Morgan fingerprint density at radius 2 is 2.28 bits per heavy atom. The highest BCUT2D eigenvalue weighted by Crippen LogP contribution is 2.21. The number of carbonyl (C=O) groups is 1. The maximum Gasteiger partial charge on any atom is 0.256 e. The fraction of sp³-hybridized carbons (Fsp3) is 0.500. The van der Waals surface area contributed by atoms with E-state index < -0.39 is 5.82 Å². The van der Waals surface area contributed by atoms with Crippen molar-refractivity contribution in [1.29, 1.82) is 0 Å². The van der Waals surface area contributed by atoms with Crippen LogP contribution in [0.4, 0.5) is 4.39 Å². The molecule has 3 nitrogen and oxygen atoms in total. The van der Waals surface area contributed by atoms with Crippen molar-refractivity contribution in [3.63, 3.8) is 0 Å². The predicted octanol–water partition coefficient (Wildman–Crippen LogP) is 1.90. The van der Waals surface area contributed by atoms with Gasteiger partial charge in [0.1, 0.15) is 5.82 Å². The van der Waals surface area contributed by atoms with E-state index in [4.69, 9.17) is 0 Å². The number of hydrogen-bond donors (Lipinski definition) is 1. The monoisotopic (exact) mass is 250 g/mol. The molecule has 1 fully saturated rings. The van der Waals surface area contributed by atoms with Gasteiger partial charge < -0.3 is 10.2 Å². The highest BCUT2D eigenvalue weighted by Gasteiger charge is 2.27. The minimum atomic E-state index is -0.429. The zero-order valence-corrected chi connectivity index (χ0v) is 10.7. The average Bonchev–Trinajstić information content (AvgIpc) is 2.85. The fourth-order valence-corrected chi connectivity index (χ4v) is 2.41. The van der Waals surface area contributed by atoms with Crippen molar-refractivity contribution in [3.8, 4) is 0 Å². The summed E-state index contributed by atoms with van der Waals surface area (Å²) in [6, 6.07) is 6.19. The topological polar surface area (TPSA) is 32.3 Å². The summed E-state index contributed by atoms with van der Waals surface area (Å²) in [5.74, 6) is -0.0746. The standard InChI is InChI=1S/C14H19FN2O/c1-16-8-6-11-7-9-17(10-11)14(18)12-4-2-3-5-13(12)15/h2-5,11,16H,6-10H2,1H3. The van der Waals surface area contributed by atoms with Crippen molar-refractivity contribution in [2.24, 2.45) is 5.92 Å². The molecule has 1 atom stereocenters. The summed E-state index contributed by atoms with van der Waals surface area (Å²) in [7, 11) is 1.93. The number of hydrogen-bond acceptors (Lipinski definition) is 2. The second kappa shape index (κ2) is 5.96. The van der Waals surface area contributed by atoms with Crippen molar-refractivity contribution < 1.29 is 9.18 Å². The minimum Gasteiger partial charge on any atom is -0.338 e. The largest absolute Gasteiger partial charge is 0.338 e. The van der Waals surface area contributed by atoms with E-state index in [2.05, 4.69) is 5.32 Å². The van der Waals surface area contributed by atoms with Crippen LogP contribution in [0.2, 0.25) is 0 Å². The third-order valence-electron chi connectivity index (χ3n) is 3.48. The number of likely N-dealkylation sites (tertiary alicyclic amines) is 1. The number of rotatable bonds is 4. The Bertz CT molecular complexity index is 422. The number of amides is 1. The lowest BCUT2D eigenvalue weighted by Gasteiger charge is -2.17. The van der Waals surface area contributed by atoms with Gasteiger partial charge in [0.05, 0.1) is 5.56 Å². The second-order valence-electron chi connectivity index (χ2n) is 4.78. The molecule has 1 heterocycles. The molecule has 0 aliphatic carbocycles. The molecular formula is C14H19FN2O. The van der Waals surface area contributed by atoms with E-state index in [1.807, 2.05) is 7.05 Å². The molecule has 0 aromatic heterocycles. The molecule has 18 heavy (non-hydrogen) atoms. The first-order valence-corrected chi connectivity index (χ1v) is 6.40. The number of halogens is 1. The van der Waals surface area contributed by atoms with Crippen LogP contribution in [-0.2, 0) is 0 Å². The summed E-state index contributed by atoms with van der Waals surface area (Å²) in [6.07, 6.45) is 2.08. The van der Waals surface area contributed by atoms with E-state index in [0.29, 0.717) is 5.92 Å². The van der Waals surface area contributed by atoms with Gasteiger partial charge in [-0.05, 0) is 44.5 Å². The van der Waals surface area contributed by atoms with Gasteiger partial charge in [-0.3, -0.25) is 4.79 Å². The Morgan fingerprint density at radius 3 is 3.00 bits per heavy atom. The lowest BCUT2D eigenvalue weighted by molar-refractivity contribution is 0.0782. The Labute approximate surface area is 107 Å². The quantitative estimate of drug-likeness (QED) is 0.885. The molecule has 1 unspecified atom stereocenters. The second-order valence-corrected chi connectivity index (χ2v) is 4.78. The Morgan fingerprint density at radius 1 is 1.50 bits per heavy atom. The van der Waals surface area contributed by atoms with Crippen LogP contribution in [-0.4, -0.2) is 37.5 Å². The molecule has 0 spiro atoms. The summed E-state index contributed by atoms with van der Waals surface area (Å²) in [5, 5.41) is 3.12. The lowest BCUT2D eigenvalue weighted by Crippen LogP contribution is -2.29. The van der Waals surface area contributed by atoms with E-state index in [0.717, 1.165) is 32.5 Å². The van der Waals surface area contributed by atoms with Crippen LogP contribution in [0.3, 0.4) is 0 Å². The first kappa shape index (κ1) is 13.0. The molecule has 1 saturated heterocycles. The van der Waals surface area contributed by atoms with Gasteiger partial charge in [0.25, 0.3) is 5.91 Å². The van der Waals surface area contributed by atoms with Gasteiger partial charge in [0.15, 0.2) is 0 Å². The van der Waals surface area contributed by atoms with Crippen LogP contribution in [0, 0.1) is 11.7 Å². The van der Waals surface area contributed by atoms with Crippen molar-refractivity contribution in [3.05, 3.63) is 35.6 Å². The average molecular weight is 250 g/mol. The summed E-state index contributed by atoms with van der Waals surface area (Å²) < 4.78 is 13.5. The molecular weight excluding hydrogens is 231 g/mol. The third kappa shape index (κ3) is 2.88. The first-order chi connectivity index (χ1) is 8.72. The van der Waals surface area contributed by atoms with Crippen LogP contribution in [0.25, 0.3) is 0 Å². The van der Waals surface area contributed by atoms with Gasteiger partial charge in [-0.1, -0.05) is 12.1 Å². The zero-order chi connectivity index (χ0) is 13.0. The summed E-state index contributed by atoms with van der Waals surface area (Å²) in [6.45, 7) is 2.45. The minimum absolute atomic E-state index is 0.181. The third-order valence-corrected chi connectivity index (χ3v) is 3.48.